The van der Waals surface area contributed by atoms with Gasteiger partial charge < -0.3 is 11.1 Å². The summed E-state index contributed by atoms with van der Waals surface area (Å²) in [6.45, 7) is 2.07. The highest BCUT2D eigenvalue weighted by Gasteiger charge is 2.11. The molecule has 0 aliphatic rings. The first-order valence-electron chi connectivity index (χ1n) is 8.38. The van der Waals surface area contributed by atoms with Gasteiger partial charge in [0.05, 0.1) is 6.54 Å². The van der Waals surface area contributed by atoms with Crippen LogP contribution in [0.3, 0.4) is 0 Å². The molecule has 0 spiro atoms. The van der Waals surface area contributed by atoms with E-state index in [1.165, 1.54) is 5.56 Å². The molecule has 0 fully saturated rings. The third kappa shape index (κ3) is 7.51. The molecule has 0 saturated heterocycles. The summed E-state index contributed by atoms with van der Waals surface area (Å²) < 4.78 is 24.6. The molecule has 1 amide bonds. The molecule has 7 heteroatoms. The van der Waals surface area contributed by atoms with E-state index in [1.54, 1.807) is 24.3 Å². The molecule has 0 aliphatic heterocycles. The zero-order valence-electron chi connectivity index (χ0n) is 14.4. The fourth-order valence-electron chi connectivity index (χ4n) is 2.51. The third-order valence-corrected chi connectivity index (χ3v) is 4.46. The number of hydrogen-bond acceptors (Lipinski definition) is 4. The molecular formula is C19H23F2N3OS. The number of nitrogens with zero attached hydrogens (tertiary/aromatic N) is 1. The van der Waals surface area contributed by atoms with Gasteiger partial charge in [-0.05, 0) is 36.2 Å². The summed E-state index contributed by atoms with van der Waals surface area (Å²) >= 11 is 0.480. The highest BCUT2D eigenvalue weighted by Crippen LogP contribution is 2.26. The Morgan fingerprint density at radius 1 is 1.08 bits per heavy atom. The number of thioether (sulfide) groups is 1. The van der Waals surface area contributed by atoms with E-state index in [1.807, 2.05) is 23.1 Å². The standard InChI is InChI=1S/C19H23F2N3OS/c20-19(21)26-17-8-6-16(7-9-17)23-18(25)14-24(13-11-22)12-10-15-4-2-1-3-5-15/h1-9,19H,10-14,22H2,(H,23,25). The molecule has 0 unspecified atom stereocenters. The van der Waals surface area contributed by atoms with Crippen LogP contribution in [-0.2, 0) is 11.2 Å². The van der Waals surface area contributed by atoms with Crippen molar-refractivity contribution in [3.05, 3.63) is 60.2 Å². The fraction of sp³-hybridized carbons (Fsp3) is 0.316. The molecule has 0 saturated carbocycles. The fourth-order valence-corrected chi connectivity index (χ4v) is 3.01. The van der Waals surface area contributed by atoms with Gasteiger partial charge in [0.15, 0.2) is 0 Å². The summed E-state index contributed by atoms with van der Waals surface area (Å²) in [4.78, 5) is 14.7. The predicted octanol–water partition coefficient (Wildman–Crippen LogP) is 3.44. The van der Waals surface area contributed by atoms with Crippen molar-refractivity contribution in [1.82, 2.24) is 4.90 Å². The Morgan fingerprint density at radius 3 is 2.38 bits per heavy atom. The van der Waals surface area contributed by atoms with Crippen LogP contribution < -0.4 is 11.1 Å². The number of anilines is 1. The second-order valence-electron chi connectivity index (χ2n) is 5.75. The third-order valence-electron chi connectivity index (χ3n) is 3.74. The number of alkyl halides is 2. The Bertz CT molecular complexity index is 668. The number of hydrogen-bond donors (Lipinski definition) is 2. The average Bonchev–Trinajstić information content (AvgIpc) is 2.62. The molecule has 2 aromatic rings. The number of carbonyl (C=O) groups excluding carboxylic acids is 1. The van der Waals surface area contributed by atoms with Crippen molar-refractivity contribution in [2.75, 3.05) is 31.5 Å². The van der Waals surface area contributed by atoms with Crippen LogP contribution >= 0.6 is 11.8 Å². The van der Waals surface area contributed by atoms with E-state index in [2.05, 4.69) is 17.4 Å². The normalized spacial score (nSPS) is 11.1. The van der Waals surface area contributed by atoms with Crippen molar-refractivity contribution in [2.45, 2.75) is 17.1 Å². The van der Waals surface area contributed by atoms with Gasteiger partial charge in [0.2, 0.25) is 5.91 Å². The largest absolute Gasteiger partial charge is 0.329 e. The average molecular weight is 379 g/mol. The Kier molecular flexibility index (Phi) is 8.53. The van der Waals surface area contributed by atoms with Crippen LogP contribution in [0.5, 0.6) is 0 Å². The molecule has 2 rings (SSSR count). The van der Waals surface area contributed by atoms with Gasteiger partial charge in [-0.2, -0.15) is 8.78 Å². The molecule has 0 atom stereocenters. The van der Waals surface area contributed by atoms with Crippen molar-refractivity contribution in [2.24, 2.45) is 5.73 Å². The topological polar surface area (TPSA) is 58.4 Å². The van der Waals surface area contributed by atoms with Crippen LogP contribution in [0.25, 0.3) is 0 Å². The van der Waals surface area contributed by atoms with Gasteiger partial charge >= 0.3 is 0 Å². The summed E-state index contributed by atoms with van der Waals surface area (Å²) in [5.41, 5.74) is 7.44. The van der Waals surface area contributed by atoms with Crippen LogP contribution in [0.15, 0.2) is 59.5 Å². The van der Waals surface area contributed by atoms with Gasteiger partial charge in [0.1, 0.15) is 0 Å². The van der Waals surface area contributed by atoms with Gasteiger partial charge in [0.25, 0.3) is 5.76 Å². The van der Waals surface area contributed by atoms with Gasteiger partial charge in [-0.3, -0.25) is 9.69 Å². The maximum Gasteiger partial charge on any atom is 0.288 e. The van der Waals surface area contributed by atoms with E-state index in [9.17, 15) is 13.6 Å². The van der Waals surface area contributed by atoms with Gasteiger partial charge in [-0.1, -0.05) is 42.1 Å². The van der Waals surface area contributed by atoms with Crippen molar-refractivity contribution >= 4 is 23.4 Å². The van der Waals surface area contributed by atoms with Crippen molar-refractivity contribution in [1.29, 1.82) is 0 Å². The summed E-state index contributed by atoms with van der Waals surface area (Å²) in [5.74, 6) is -2.61. The highest BCUT2D eigenvalue weighted by atomic mass is 32.2. The predicted molar refractivity (Wildman–Crippen MR) is 103 cm³/mol. The maximum absolute atomic E-state index is 12.3. The van der Waals surface area contributed by atoms with Crippen LogP contribution in [0.4, 0.5) is 14.5 Å². The lowest BCUT2D eigenvalue weighted by atomic mass is 10.1. The zero-order chi connectivity index (χ0) is 18.8. The summed E-state index contributed by atoms with van der Waals surface area (Å²) in [5, 5.41) is 2.79. The summed E-state index contributed by atoms with van der Waals surface area (Å²) in [6.07, 6.45) is 0.841. The monoisotopic (exact) mass is 379 g/mol. The molecule has 4 nitrogen and oxygen atoms in total. The van der Waals surface area contributed by atoms with E-state index in [0.717, 1.165) is 13.0 Å². The Balaban J connectivity index is 1.84. The maximum atomic E-state index is 12.3. The van der Waals surface area contributed by atoms with Crippen LogP contribution in [0, 0.1) is 0 Å². The lowest BCUT2D eigenvalue weighted by molar-refractivity contribution is -0.117. The van der Waals surface area contributed by atoms with E-state index >= 15 is 0 Å². The molecule has 26 heavy (non-hydrogen) atoms. The summed E-state index contributed by atoms with van der Waals surface area (Å²) in [7, 11) is 0. The Labute approximate surface area is 156 Å². The molecule has 0 aliphatic carbocycles. The minimum atomic E-state index is -2.45. The number of nitrogens with one attached hydrogen (secondary N) is 1. The highest BCUT2D eigenvalue weighted by molar-refractivity contribution is 7.99. The molecule has 0 heterocycles. The molecule has 3 N–H and O–H groups in total. The quantitative estimate of drug-likeness (QED) is 0.621. The second kappa shape index (κ2) is 10.9. The lowest BCUT2D eigenvalue weighted by Crippen LogP contribution is -2.37. The minimum absolute atomic E-state index is 0.152. The minimum Gasteiger partial charge on any atom is -0.329 e. The van der Waals surface area contributed by atoms with Crippen molar-refractivity contribution in [3.8, 4) is 0 Å². The van der Waals surface area contributed by atoms with Gasteiger partial charge in [-0.25, -0.2) is 0 Å². The Hall–Kier alpha value is -1.96. The smallest absolute Gasteiger partial charge is 0.288 e. The molecule has 0 aromatic heterocycles. The molecule has 0 bridgehead atoms. The van der Waals surface area contributed by atoms with Crippen molar-refractivity contribution < 1.29 is 13.6 Å². The van der Waals surface area contributed by atoms with E-state index < -0.39 is 5.76 Å². The first-order valence-corrected chi connectivity index (χ1v) is 9.26. The van der Waals surface area contributed by atoms with Crippen LogP contribution in [0.1, 0.15) is 5.56 Å². The van der Waals surface area contributed by atoms with Crippen LogP contribution in [-0.4, -0.2) is 42.7 Å². The second-order valence-corrected chi connectivity index (χ2v) is 6.81. The van der Waals surface area contributed by atoms with Gasteiger partial charge in [-0.15, -0.1) is 0 Å². The number of halogens is 2. The summed E-state index contributed by atoms with van der Waals surface area (Å²) in [6, 6.07) is 16.5. The zero-order valence-corrected chi connectivity index (χ0v) is 15.2. The van der Waals surface area contributed by atoms with Crippen molar-refractivity contribution in [3.63, 3.8) is 0 Å². The molecular weight excluding hydrogens is 356 g/mol. The molecule has 0 radical (unpaired) electrons. The van der Waals surface area contributed by atoms with Gasteiger partial charge in [0, 0.05) is 30.2 Å². The first kappa shape index (κ1) is 20.4. The van der Waals surface area contributed by atoms with E-state index in [-0.39, 0.29) is 12.5 Å². The Morgan fingerprint density at radius 2 is 1.77 bits per heavy atom. The first-order chi connectivity index (χ1) is 12.6. The molecule has 2 aromatic carbocycles. The van der Waals surface area contributed by atoms with Crippen LogP contribution in [0.2, 0.25) is 0 Å². The lowest BCUT2D eigenvalue weighted by Gasteiger charge is -2.21. The number of nitrogens with two attached hydrogens (primary N) is 1. The SMILES string of the molecule is NCCN(CCc1ccccc1)CC(=O)Nc1ccc(SC(F)F)cc1. The number of carbonyl (C=O) groups is 1. The number of benzene rings is 2. The number of rotatable bonds is 10. The molecule has 140 valence electrons. The van der Waals surface area contributed by atoms with E-state index in [4.69, 9.17) is 5.73 Å². The van der Waals surface area contributed by atoms with E-state index in [0.29, 0.717) is 35.4 Å². The number of amides is 1.